The fourth-order valence-electron chi connectivity index (χ4n) is 2.95. The van der Waals surface area contributed by atoms with Crippen molar-refractivity contribution in [3.05, 3.63) is 47.0 Å². The molecule has 0 bridgehead atoms. The molecular formula is C18H21N3O5S2. The van der Waals surface area contributed by atoms with E-state index in [1.165, 1.54) is 5.38 Å². The number of carbonyl (C=O) groups is 2. The van der Waals surface area contributed by atoms with Crippen molar-refractivity contribution in [1.82, 2.24) is 9.88 Å². The van der Waals surface area contributed by atoms with Gasteiger partial charge in [-0.15, -0.1) is 11.3 Å². The molecule has 28 heavy (non-hydrogen) atoms. The highest BCUT2D eigenvalue weighted by Crippen LogP contribution is 2.26. The Balaban J connectivity index is 1.79. The molecule has 1 aliphatic rings. The highest BCUT2D eigenvalue weighted by Gasteiger charge is 2.33. The van der Waals surface area contributed by atoms with Gasteiger partial charge in [0, 0.05) is 18.5 Å². The van der Waals surface area contributed by atoms with Crippen LogP contribution in [0.25, 0.3) is 0 Å². The SMILES string of the molecule is CCOC(=O)c1csc(NC(=O)C(c2ccccc2)N2CCS(=O)(=O)CC2)n1. The quantitative estimate of drug-likeness (QED) is 0.705. The molecule has 3 rings (SSSR count). The molecule has 0 saturated carbocycles. The molecule has 8 nitrogen and oxygen atoms in total. The molecule has 1 aromatic carbocycles. The number of sulfone groups is 1. The Labute approximate surface area is 167 Å². The van der Waals surface area contributed by atoms with Gasteiger partial charge in [-0.1, -0.05) is 30.3 Å². The first-order valence-corrected chi connectivity index (χ1v) is 11.5. The molecule has 0 aliphatic carbocycles. The zero-order valence-electron chi connectivity index (χ0n) is 15.3. The summed E-state index contributed by atoms with van der Waals surface area (Å²) in [6.07, 6.45) is 0. The van der Waals surface area contributed by atoms with Crippen LogP contribution >= 0.6 is 11.3 Å². The predicted octanol–water partition coefficient (Wildman–Crippen LogP) is 1.73. The maximum Gasteiger partial charge on any atom is 0.357 e. The van der Waals surface area contributed by atoms with E-state index in [9.17, 15) is 18.0 Å². The van der Waals surface area contributed by atoms with Gasteiger partial charge in [-0.3, -0.25) is 9.69 Å². The second kappa shape index (κ2) is 8.80. The lowest BCUT2D eigenvalue weighted by Crippen LogP contribution is -2.46. The number of hydrogen-bond acceptors (Lipinski definition) is 8. The molecule has 2 aromatic rings. The molecule has 2 heterocycles. The summed E-state index contributed by atoms with van der Waals surface area (Å²) in [4.78, 5) is 30.7. The summed E-state index contributed by atoms with van der Waals surface area (Å²) in [6.45, 7) is 2.50. The van der Waals surface area contributed by atoms with E-state index in [1.807, 2.05) is 35.2 Å². The summed E-state index contributed by atoms with van der Waals surface area (Å²) < 4.78 is 28.4. The number of nitrogens with one attached hydrogen (secondary N) is 1. The smallest absolute Gasteiger partial charge is 0.357 e. The molecule has 1 fully saturated rings. The van der Waals surface area contributed by atoms with Crippen LogP contribution in [0.2, 0.25) is 0 Å². The molecule has 1 unspecified atom stereocenters. The Morgan fingerprint density at radius 1 is 1.25 bits per heavy atom. The van der Waals surface area contributed by atoms with Crippen LogP contribution in [0, 0.1) is 0 Å². The fourth-order valence-corrected chi connectivity index (χ4v) is 4.86. The van der Waals surface area contributed by atoms with Gasteiger partial charge in [0.2, 0.25) is 5.91 Å². The minimum absolute atomic E-state index is 0.0217. The minimum atomic E-state index is -3.06. The molecular weight excluding hydrogens is 402 g/mol. The van der Waals surface area contributed by atoms with Gasteiger partial charge in [0.1, 0.15) is 6.04 Å². The van der Waals surface area contributed by atoms with Gasteiger partial charge in [-0.05, 0) is 12.5 Å². The molecule has 1 aliphatic heterocycles. The molecule has 10 heteroatoms. The number of thiazole rings is 1. The summed E-state index contributed by atoms with van der Waals surface area (Å²) in [5, 5.41) is 4.56. The molecule has 0 radical (unpaired) electrons. The second-order valence-electron chi connectivity index (χ2n) is 6.25. The van der Waals surface area contributed by atoms with Crippen molar-refractivity contribution in [2.24, 2.45) is 0 Å². The van der Waals surface area contributed by atoms with E-state index in [4.69, 9.17) is 4.74 Å². The van der Waals surface area contributed by atoms with E-state index in [-0.39, 0.29) is 42.8 Å². The molecule has 1 saturated heterocycles. The number of anilines is 1. The van der Waals surface area contributed by atoms with Crippen molar-refractivity contribution in [1.29, 1.82) is 0 Å². The van der Waals surface area contributed by atoms with Crippen molar-refractivity contribution in [2.75, 3.05) is 36.5 Å². The lowest BCUT2D eigenvalue weighted by atomic mass is 10.0. The summed E-state index contributed by atoms with van der Waals surface area (Å²) in [5.74, 6) is -0.822. The zero-order valence-corrected chi connectivity index (χ0v) is 17.0. The third kappa shape index (κ3) is 4.94. The van der Waals surface area contributed by atoms with Crippen LogP contribution in [-0.4, -0.2) is 61.4 Å². The molecule has 1 N–H and O–H groups in total. The van der Waals surface area contributed by atoms with E-state index in [0.29, 0.717) is 5.13 Å². The Hall–Kier alpha value is -2.30. The number of esters is 1. The molecule has 0 spiro atoms. The predicted molar refractivity (Wildman–Crippen MR) is 106 cm³/mol. The van der Waals surface area contributed by atoms with E-state index >= 15 is 0 Å². The number of rotatable bonds is 6. The van der Waals surface area contributed by atoms with Crippen LogP contribution in [-0.2, 0) is 19.4 Å². The van der Waals surface area contributed by atoms with Gasteiger partial charge < -0.3 is 10.1 Å². The Morgan fingerprint density at radius 3 is 2.57 bits per heavy atom. The normalized spacial score (nSPS) is 17.6. The van der Waals surface area contributed by atoms with Crippen LogP contribution in [0.1, 0.15) is 29.0 Å². The van der Waals surface area contributed by atoms with Crippen LogP contribution in [0.4, 0.5) is 5.13 Å². The highest BCUT2D eigenvalue weighted by atomic mass is 32.2. The summed E-state index contributed by atoms with van der Waals surface area (Å²) in [5.41, 5.74) is 0.906. The van der Waals surface area contributed by atoms with Crippen LogP contribution in [0.3, 0.4) is 0 Å². The van der Waals surface area contributed by atoms with E-state index in [1.54, 1.807) is 6.92 Å². The van der Waals surface area contributed by atoms with Crippen molar-refractivity contribution in [2.45, 2.75) is 13.0 Å². The topological polar surface area (TPSA) is 106 Å². The average molecular weight is 424 g/mol. The van der Waals surface area contributed by atoms with Gasteiger partial charge in [-0.2, -0.15) is 0 Å². The van der Waals surface area contributed by atoms with Crippen LogP contribution in [0.5, 0.6) is 0 Å². The van der Waals surface area contributed by atoms with Crippen molar-refractivity contribution in [3.63, 3.8) is 0 Å². The Bertz CT molecular complexity index is 929. The standard InChI is InChI=1S/C18H21N3O5S2/c1-2-26-17(23)14-12-27-18(19-14)20-16(22)15(13-6-4-3-5-7-13)21-8-10-28(24,25)11-9-21/h3-7,12,15H,2,8-11H2,1H3,(H,19,20,22). The molecule has 150 valence electrons. The third-order valence-corrected chi connectivity index (χ3v) is 6.69. The fraction of sp³-hybridized carbons (Fsp3) is 0.389. The van der Waals surface area contributed by atoms with Crippen molar-refractivity contribution in [3.8, 4) is 0 Å². The van der Waals surface area contributed by atoms with Gasteiger partial charge in [-0.25, -0.2) is 18.2 Å². The average Bonchev–Trinajstić information content (AvgIpc) is 3.13. The minimum Gasteiger partial charge on any atom is -0.461 e. The number of hydrogen-bond donors (Lipinski definition) is 1. The first-order valence-electron chi connectivity index (χ1n) is 8.82. The number of aromatic nitrogens is 1. The van der Waals surface area contributed by atoms with E-state index in [0.717, 1.165) is 16.9 Å². The Kier molecular flexibility index (Phi) is 6.42. The summed E-state index contributed by atoms with van der Waals surface area (Å²) in [7, 11) is -3.06. The number of amides is 1. The van der Waals surface area contributed by atoms with Crippen LogP contribution in [0.15, 0.2) is 35.7 Å². The first kappa shape index (κ1) is 20.4. The molecule has 1 aromatic heterocycles. The number of ether oxygens (including phenoxy) is 1. The van der Waals surface area contributed by atoms with Gasteiger partial charge in [0.25, 0.3) is 0 Å². The monoisotopic (exact) mass is 423 g/mol. The van der Waals surface area contributed by atoms with Gasteiger partial charge >= 0.3 is 5.97 Å². The number of carbonyl (C=O) groups excluding carboxylic acids is 2. The van der Waals surface area contributed by atoms with Gasteiger partial charge in [0.15, 0.2) is 20.7 Å². The first-order chi connectivity index (χ1) is 13.4. The largest absolute Gasteiger partial charge is 0.461 e. The van der Waals surface area contributed by atoms with Gasteiger partial charge in [0.05, 0.1) is 18.1 Å². The van der Waals surface area contributed by atoms with Crippen molar-refractivity contribution >= 4 is 38.2 Å². The number of nitrogens with zero attached hydrogens (tertiary/aromatic N) is 2. The van der Waals surface area contributed by atoms with Crippen LogP contribution < -0.4 is 5.32 Å². The third-order valence-electron chi connectivity index (χ3n) is 4.33. The summed E-state index contributed by atoms with van der Waals surface area (Å²) in [6, 6.07) is 8.54. The van der Waals surface area contributed by atoms with E-state index < -0.39 is 21.8 Å². The zero-order chi connectivity index (χ0) is 20.1. The maximum absolute atomic E-state index is 13.0. The van der Waals surface area contributed by atoms with E-state index in [2.05, 4.69) is 10.3 Å². The second-order valence-corrected chi connectivity index (χ2v) is 9.41. The Morgan fingerprint density at radius 2 is 1.93 bits per heavy atom. The number of benzene rings is 1. The maximum atomic E-state index is 13.0. The highest BCUT2D eigenvalue weighted by molar-refractivity contribution is 7.91. The van der Waals surface area contributed by atoms with Crippen molar-refractivity contribution < 1.29 is 22.7 Å². The lowest BCUT2D eigenvalue weighted by Gasteiger charge is -2.33. The lowest BCUT2D eigenvalue weighted by molar-refractivity contribution is -0.121. The molecule has 1 amide bonds. The summed E-state index contributed by atoms with van der Waals surface area (Å²) >= 11 is 1.13. The molecule has 1 atom stereocenters.